The number of fused-ring (bicyclic) bond motifs is 1. The number of anilines is 2. The van der Waals surface area contributed by atoms with Crippen LogP contribution in [0.2, 0.25) is 0 Å². The van der Waals surface area contributed by atoms with Crippen molar-refractivity contribution in [3.05, 3.63) is 18.1 Å². The van der Waals surface area contributed by atoms with Crippen LogP contribution in [0.4, 0.5) is 11.5 Å². The van der Waals surface area contributed by atoms with Crippen LogP contribution in [0.15, 0.2) is 12.4 Å². The van der Waals surface area contributed by atoms with E-state index in [0.29, 0.717) is 11.5 Å². The SMILES string of the molecule is N#Cc1cc(N2CCCCC2)c2c(N)ncnn12. The Morgan fingerprint density at radius 3 is 2.78 bits per heavy atom. The molecule has 0 unspecified atom stereocenters. The van der Waals surface area contributed by atoms with Crippen LogP contribution in [0.1, 0.15) is 25.0 Å². The first-order valence-corrected chi connectivity index (χ1v) is 6.08. The van der Waals surface area contributed by atoms with Gasteiger partial charge in [0.1, 0.15) is 23.6 Å². The maximum Gasteiger partial charge on any atom is 0.153 e. The van der Waals surface area contributed by atoms with Gasteiger partial charge in [-0.05, 0) is 19.3 Å². The van der Waals surface area contributed by atoms with Crippen LogP contribution in [-0.4, -0.2) is 27.7 Å². The van der Waals surface area contributed by atoms with Gasteiger partial charge in [0.25, 0.3) is 0 Å². The predicted molar refractivity (Wildman–Crippen MR) is 68.2 cm³/mol. The second-order valence-electron chi connectivity index (χ2n) is 4.48. The summed E-state index contributed by atoms with van der Waals surface area (Å²) in [4.78, 5) is 6.28. The van der Waals surface area contributed by atoms with Crippen LogP contribution >= 0.6 is 0 Å². The van der Waals surface area contributed by atoms with Crippen LogP contribution in [0, 0.1) is 11.3 Å². The molecular formula is C12H14N6. The summed E-state index contributed by atoms with van der Waals surface area (Å²) in [5.41, 5.74) is 8.15. The van der Waals surface area contributed by atoms with Crippen molar-refractivity contribution in [1.29, 1.82) is 5.26 Å². The Kier molecular flexibility index (Phi) is 2.52. The van der Waals surface area contributed by atoms with Gasteiger partial charge in [-0.25, -0.2) is 9.50 Å². The summed E-state index contributed by atoms with van der Waals surface area (Å²) in [6.07, 6.45) is 4.99. The largest absolute Gasteiger partial charge is 0.382 e. The summed E-state index contributed by atoms with van der Waals surface area (Å²) >= 11 is 0. The van der Waals surface area contributed by atoms with Crippen molar-refractivity contribution in [3.63, 3.8) is 0 Å². The first-order valence-electron chi connectivity index (χ1n) is 6.08. The molecule has 0 amide bonds. The Morgan fingerprint density at radius 1 is 1.28 bits per heavy atom. The van der Waals surface area contributed by atoms with E-state index in [4.69, 9.17) is 11.0 Å². The topological polar surface area (TPSA) is 83.2 Å². The fraction of sp³-hybridized carbons (Fsp3) is 0.417. The third-order valence-corrected chi connectivity index (χ3v) is 3.37. The van der Waals surface area contributed by atoms with Gasteiger partial charge in [-0.1, -0.05) is 0 Å². The number of aromatic nitrogens is 3. The number of hydrogen-bond donors (Lipinski definition) is 1. The van der Waals surface area contributed by atoms with Crippen LogP contribution in [0.5, 0.6) is 0 Å². The molecule has 2 N–H and O–H groups in total. The molecule has 0 aromatic carbocycles. The lowest BCUT2D eigenvalue weighted by Gasteiger charge is -2.28. The number of rotatable bonds is 1. The van der Waals surface area contributed by atoms with Gasteiger partial charge in [-0.2, -0.15) is 10.4 Å². The van der Waals surface area contributed by atoms with E-state index in [-0.39, 0.29) is 0 Å². The quantitative estimate of drug-likeness (QED) is 0.811. The van der Waals surface area contributed by atoms with Gasteiger partial charge < -0.3 is 10.6 Å². The van der Waals surface area contributed by atoms with E-state index in [1.807, 2.05) is 6.07 Å². The normalized spacial score (nSPS) is 15.8. The highest BCUT2D eigenvalue weighted by atomic mass is 15.3. The Morgan fingerprint density at radius 2 is 2.06 bits per heavy atom. The Balaban J connectivity index is 2.19. The lowest BCUT2D eigenvalue weighted by atomic mass is 10.1. The number of nitrogens with two attached hydrogens (primary N) is 1. The van der Waals surface area contributed by atoms with Crippen molar-refractivity contribution in [2.75, 3.05) is 23.7 Å². The summed E-state index contributed by atoms with van der Waals surface area (Å²) in [6, 6.07) is 4.00. The monoisotopic (exact) mass is 242 g/mol. The molecule has 92 valence electrons. The first kappa shape index (κ1) is 10.8. The number of nitrogen functional groups attached to an aromatic ring is 1. The highest BCUT2D eigenvalue weighted by Crippen LogP contribution is 2.30. The van der Waals surface area contributed by atoms with Crippen molar-refractivity contribution in [1.82, 2.24) is 14.6 Å². The lowest BCUT2D eigenvalue weighted by Crippen LogP contribution is -2.29. The van der Waals surface area contributed by atoms with Gasteiger partial charge in [0.2, 0.25) is 0 Å². The number of hydrogen-bond acceptors (Lipinski definition) is 5. The molecule has 18 heavy (non-hydrogen) atoms. The molecule has 0 spiro atoms. The second kappa shape index (κ2) is 4.18. The molecule has 6 heteroatoms. The van der Waals surface area contributed by atoms with Crippen LogP contribution in [-0.2, 0) is 0 Å². The number of nitriles is 1. The smallest absolute Gasteiger partial charge is 0.153 e. The van der Waals surface area contributed by atoms with E-state index in [1.165, 1.54) is 25.6 Å². The predicted octanol–water partition coefficient (Wildman–Crippen LogP) is 1.17. The van der Waals surface area contributed by atoms with Gasteiger partial charge in [0.15, 0.2) is 5.82 Å². The zero-order valence-corrected chi connectivity index (χ0v) is 10.0. The third-order valence-electron chi connectivity index (χ3n) is 3.37. The summed E-state index contributed by atoms with van der Waals surface area (Å²) in [7, 11) is 0. The van der Waals surface area contributed by atoms with E-state index in [9.17, 15) is 0 Å². The molecule has 0 saturated carbocycles. The average molecular weight is 242 g/mol. The van der Waals surface area contributed by atoms with Crippen LogP contribution in [0.25, 0.3) is 5.52 Å². The third kappa shape index (κ3) is 1.56. The molecule has 2 aromatic rings. The highest BCUT2D eigenvalue weighted by Gasteiger charge is 2.19. The van der Waals surface area contributed by atoms with Gasteiger partial charge in [-0.15, -0.1) is 0 Å². The van der Waals surface area contributed by atoms with Crippen LogP contribution in [0.3, 0.4) is 0 Å². The molecule has 3 heterocycles. The molecule has 6 nitrogen and oxygen atoms in total. The van der Waals surface area contributed by atoms with Crippen molar-refractivity contribution in [3.8, 4) is 6.07 Å². The number of nitrogens with zero attached hydrogens (tertiary/aromatic N) is 5. The van der Waals surface area contributed by atoms with E-state index in [1.54, 1.807) is 4.52 Å². The van der Waals surface area contributed by atoms with Crippen molar-refractivity contribution in [2.45, 2.75) is 19.3 Å². The average Bonchev–Trinajstić information content (AvgIpc) is 2.80. The Labute approximate surface area is 105 Å². The van der Waals surface area contributed by atoms with Crippen molar-refractivity contribution >= 4 is 17.0 Å². The summed E-state index contributed by atoms with van der Waals surface area (Å²) in [5, 5.41) is 13.3. The maximum absolute atomic E-state index is 9.15. The molecule has 0 radical (unpaired) electrons. The Bertz CT molecular complexity index is 617. The van der Waals surface area contributed by atoms with Gasteiger partial charge in [0, 0.05) is 19.2 Å². The van der Waals surface area contributed by atoms with Crippen molar-refractivity contribution < 1.29 is 0 Å². The van der Waals surface area contributed by atoms with Gasteiger partial charge in [0.05, 0.1) is 5.69 Å². The molecule has 2 aromatic heterocycles. The number of piperidine rings is 1. The lowest BCUT2D eigenvalue weighted by molar-refractivity contribution is 0.579. The molecule has 0 bridgehead atoms. The standard InChI is InChI=1S/C12H14N6/c13-7-9-6-10(17-4-2-1-3-5-17)11-12(14)15-8-16-18(9)11/h6,8H,1-5H2,(H2,14,15,16). The molecule has 0 atom stereocenters. The van der Waals surface area contributed by atoms with E-state index >= 15 is 0 Å². The summed E-state index contributed by atoms with van der Waals surface area (Å²) in [5.74, 6) is 0.423. The molecule has 1 aliphatic heterocycles. The first-order chi connectivity index (χ1) is 8.81. The molecule has 1 saturated heterocycles. The minimum Gasteiger partial charge on any atom is -0.382 e. The fourth-order valence-electron chi connectivity index (χ4n) is 2.50. The molecular weight excluding hydrogens is 228 g/mol. The van der Waals surface area contributed by atoms with Gasteiger partial charge in [-0.3, -0.25) is 0 Å². The molecule has 0 aliphatic carbocycles. The highest BCUT2D eigenvalue weighted by molar-refractivity contribution is 5.84. The molecule has 1 aliphatic rings. The fourth-order valence-corrected chi connectivity index (χ4v) is 2.50. The minimum atomic E-state index is 0.423. The zero-order valence-electron chi connectivity index (χ0n) is 10.0. The second-order valence-corrected chi connectivity index (χ2v) is 4.48. The Hall–Kier alpha value is -2.29. The minimum absolute atomic E-state index is 0.423. The zero-order chi connectivity index (χ0) is 12.5. The van der Waals surface area contributed by atoms with Crippen molar-refractivity contribution in [2.24, 2.45) is 0 Å². The van der Waals surface area contributed by atoms with Crippen LogP contribution < -0.4 is 10.6 Å². The summed E-state index contributed by atoms with van der Waals surface area (Å²) in [6.45, 7) is 2.00. The van der Waals surface area contributed by atoms with Gasteiger partial charge >= 0.3 is 0 Å². The molecule has 3 rings (SSSR count). The van der Waals surface area contributed by atoms with E-state index < -0.39 is 0 Å². The van der Waals surface area contributed by atoms with E-state index in [0.717, 1.165) is 24.3 Å². The maximum atomic E-state index is 9.15. The van der Waals surface area contributed by atoms with E-state index in [2.05, 4.69) is 21.1 Å². The summed E-state index contributed by atoms with van der Waals surface area (Å²) < 4.78 is 1.58. The molecule has 1 fully saturated rings.